The fraction of sp³-hybridized carbons (Fsp3) is 0.818. The Labute approximate surface area is 76.2 Å². The van der Waals surface area contributed by atoms with Crippen molar-refractivity contribution in [1.82, 2.24) is 5.32 Å². The van der Waals surface area contributed by atoms with Crippen molar-refractivity contribution in [2.75, 3.05) is 6.54 Å². The molecule has 1 N–H and O–H groups in total. The average molecular weight is 167 g/mol. The number of hydrogen-bond acceptors (Lipinski definition) is 1. The van der Waals surface area contributed by atoms with Crippen LogP contribution in [0.2, 0.25) is 0 Å². The molecule has 1 atom stereocenters. The summed E-state index contributed by atoms with van der Waals surface area (Å²) in [5, 5.41) is 3.54. The van der Waals surface area contributed by atoms with Crippen molar-refractivity contribution < 1.29 is 0 Å². The summed E-state index contributed by atoms with van der Waals surface area (Å²) in [6.07, 6.45) is 8.62. The Hall–Kier alpha value is -0.300. The van der Waals surface area contributed by atoms with Gasteiger partial charge in [0, 0.05) is 6.04 Å². The van der Waals surface area contributed by atoms with Crippen LogP contribution in [0, 0.1) is 5.92 Å². The van der Waals surface area contributed by atoms with Gasteiger partial charge in [0.25, 0.3) is 0 Å². The molecule has 70 valence electrons. The molecule has 0 spiro atoms. The molecule has 1 fully saturated rings. The molecule has 0 bridgehead atoms. The highest BCUT2D eigenvalue weighted by molar-refractivity contribution is 4.80. The molecule has 0 amide bonds. The fourth-order valence-electron chi connectivity index (χ4n) is 1.37. The largest absolute Gasteiger partial charge is 0.314 e. The van der Waals surface area contributed by atoms with Gasteiger partial charge in [-0.05, 0) is 44.6 Å². The summed E-state index contributed by atoms with van der Waals surface area (Å²) in [6.45, 7) is 7.28. The minimum absolute atomic E-state index is 0.856. The van der Waals surface area contributed by atoms with Gasteiger partial charge in [0.05, 0.1) is 0 Å². The van der Waals surface area contributed by atoms with Gasteiger partial charge in [-0.1, -0.05) is 13.0 Å². The molecular formula is C11H21N. The molecule has 1 rings (SSSR count). The number of allylic oxidation sites excluding steroid dienone is 1. The zero-order valence-corrected chi connectivity index (χ0v) is 8.18. The maximum atomic E-state index is 3.74. The van der Waals surface area contributed by atoms with Crippen LogP contribution in [0.3, 0.4) is 0 Å². The summed E-state index contributed by atoms with van der Waals surface area (Å²) in [6, 6.07) is 0.872. The molecule has 1 saturated carbocycles. The Morgan fingerprint density at radius 1 is 1.50 bits per heavy atom. The Balaban J connectivity index is 1.86. The van der Waals surface area contributed by atoms with Crippen molar-refractivity contribution in [3.05, 3.63) is 12.7 Å². The van der Waals surface area contributed by atoms with E-state index in [-0.39, 0.29) is 0 Å². The van der Waals surface area contributed by atoms with Crippen LogP contribution in [0.4, 0.5) is 0 Å². The summed E-state index contributed by atoms with van der Waals surface area (Å²) >= 11 is 0. The summed E-state index contributed by atoms with van der Waals surface area (Å²) < 4.78 is 0. The van der Waals surface area contributed by atoms with Crippen molar-refractivity contribution in [1.29, 1.82) is 0 Å². The van der Waals surface area contributed by atoms with Gasteiger partial charge >= 0.3 is 0 Å². The van der Waals surface area contributed by atoms with Crippen molar-refractivity contribution in [2.24, 2.45) is 5.92 Å². The topological polar surface area (TPSA) is 12.0 Å². The van der Waals surface area contributed by atoms with Crippen molar-refractivity contribution >= 4 is 0 Å². The summed E-state index contributed by atoms with van der Waals surface area (Å²) in [4.78, 5) is 0. The third-order valence-electron chi connectivity index (χ3n) is 2.51. The van der Waals surface area contributed by atoms with E-state index in [0.29, 0.717) is 0 Å². The molecule has 1 aliphatic carbocycles. The fourth-order valence-corrected chi connectivity index (χ4v) is 1.37. The van der Waals surface area contributed by atoms with Gasteiger partial charge in [0.15, 0.2) is 0 Å². The summed E-state index contributed by atoms with van der Waals surface area (Å²) in [5.74, 6) is 0.856. The van der Waals surface area contributed by atoms with Crippen molar-refractivity contribution in [2.45, 2.75) is 45.1 Å². The quantitative estimate of drug-likeness (QED) is 0.575. The first kappa shape index (κ1) is 9.79. The van der Waals surface area contributed by atoms with Gasteiger partial charge in [0.2, 0.25) is 0 Å². The second-order valence-corrected chi connectivity index (χ2v) is 3.99. The Bertz CT molecular complexity index is 127. The van der Waals surface area contributed by atoms with E-state index in [9.17, 15) is 0 Å². The molecule has 12 heavy (non-hydrogen) atoms. The smallest absolute Gasteiger partial charge is 0.00682 e. The van der Waals surface area contributed by atoms with Gasteiger partial charge in [-0.25, -0.2) is 0 Å². The lowest BCUT2D eigenvalue weighted by molar-refractivity contribution is 0.473. The van der Waals surface area contributed by atoms with Gasteiger partial charge in [-0.2, -0.15) is 0 Å². The van der Waals surface area contributed by atoms with Crippen molar-refractivity contribution in [3.8, 4) is 0 Å². The maximum absolute atomic E-state index is 3.74. The van der Waals surface area contributed by atoms with E-state index in [1.807, 2.05) is 6.08 Å². The minimum Gasteiger partial charge on any atom is -0.314 e. The van der Waals surface area contributed by atoms with E-state index in [1.54, 1.807) is 0 Å². The predicted molar refractivity (Wildman–Crippen MR) is 54.2 cm³/mol. The molecule has 0 saturated heterocycles. The van der Waals surface area contributed by atoms with Crippen LogP contribution in [0.1, 0.15) is 39.0 Å². The number of hydrogen-bond donors (Lipinski definition) is 1. The average Bonchev–Trinajstić information content (AvgIpc) is 2.84. The SMILES string of the molecule is C=CCCC(C)CCNC1CC1. The molecule has 1 aliphatic rings. The van der Waals surface area contributed by atoms with Crippen LogP contribution >= 0.6 is 0 Å². The predicted octanol–water partition coefficient (Wildman–Crippen LogP) is 2.73. The first-order valence-electron chi connectivity index (χ1n) is 5.17. The van der Waals surface area contributed by atoms with E-state index in [2.05, 4.69) is 18.8 Å². The van der Waals surface area contributed by atoms with Crippen molar-refractivity contribution in [3.63, 3.8) is 0 Å². The molecule has 0 heterocycles. The number of rotatable bonds is 7. The maximum Gasteiger partial charge on any atom is 0.00682 e. The summed E-state index contributed by atoms with van der Waals surface area (Å²) in [5.41, 5.74) is 0. The molecular weight excluding hydrogens is 146 g/mol. The second-order valence-electron chi connectivity index (χ2n) is 3.99. The van der Waals surface area contributed by atoms with Crippen LogP contribution in [-0.2, 0) is 0 Å². The van der Waals surface area contributed by atoms with Gasteiger partial charge < -0.3 is 5.32 Å². The molecule has 1 nitrogen and oxygen atoms in total. The molecule has 1 heteroatoms. The molecule has 0 aliphatic heterocycles. The lowest BCUT2D eigenvalue weighted by Gasteiger charge is -2.09. The molecule has 0 radical (unpaired) electrons. The lowest BCUT2D eigenvalue weighted by Crippen LogP contribution is -2.19. The van der Waals surface area contributed by atoms with Gasteiger partial charge in [0.1, 0.15) is 0 Å². The molecule has 1 unspecified atom stereocenters. The van der Waals surface area contributed by atoms with E-state index < -0.39 is 0 Å². The van der Waals surface area contributed by atoms with Crippen LogP contribution in [-0.4, -0.2) is 12.6 Å². The Morgan fingerprint density at radius 2 is 2.25 bits per heavy atom. The van der Waals surface area contributed by atoms with Gasteiger partial charge in [-0.3, -0.25) is 0 Å². The third-order valence-corrected chi connectivity index (χ3v) is 2.51. The standard InChI is InChI=1S/C11H21N/c1-3-4-5-10(2)8-9-12-11-6-7-11/h3,10-12H,1,4-9H2,2H3. The third kappa shape index (κ3) is 4.55. The minimum atomic E-state index is 0.856. The Kier molecular flexibility index (Phi) is 4.37. The molecule has 0 aromatic carbocycles. The highest BCUT2D eigenvalue weighted by Gasteiger charge is 2.19. The Morgan fingerprint density at radius 3 is 2.83 bits per heavy atom. The van der Waals surface area contributed by atoms with E-state index in [0.717, 1.165) is 12.0 Å². The zero-order chi connectivity index (χ0) is 8.81. The lowest BCUT2D eigenvalue weighted by atomic mass is 10.0. The first-order valence-corrected chi connectivity index (χ1v) is 5.17. The van der Waals surface area contributed by atoms with Crippen LogP contribution in [0.5, 0.6) is 0 Å². The zero-order valence-electron chi connectivity index (χ0n) is 8.18. The highest BCUT2D eigenvalue weighted by Crippen LogP contribution is 2.19. The molecule has 0 aromatic heterocycles. The number of nitrogens with one attached hydrogen (secondary N) is 1. The van der Waals surface area contributed by atoms with E-state index in [1.165, 1.54) is 38.6 Å². The van der Waals surface area contributed by atoms with Gasteiger partial charge in [-0.15, -0.1) is 6.58 Å². The van der Waals surface area contributed by atoms with E-state index >= 15 is 0 Å². The highest BCUT2D eigenvalue weighted by atomic mass is 14.9. The van der Waals surface area contributed by atoms with E-state index in [4.69, 9.17) is 0 Å². The second kappa shape index (κ2) is 5.36. The van der Waals surface area contributed by atoms with Crippen LogP contribution in [0.25, 0.3) is 0 Å². The van der Waals surface area contributed by atoms with Crippen LogP contribution in [0.15, 0.2) is 12.7 Å². The van der Waals surface area contributed by atoms with Crippen LogP contribution < -0.4 is 5.32 Å². The monoisotopic (exact) mass is 167 g/mol. The first-order chi connectivity index (χ1) is 5.83. The molecule has 0 aromatic rings. The normalized spacial score (nSPS) is 19.1. The summed E-state index contributed by atoms with van der Waals surface area (Å²) in [7, 11) is 0.